The van der Waals surface area contributed by atoms with Gasteiger partial charge in [0.2, 0.25) is 0 Å². The Hall–Kier alpha value is -1.14. The molecule has 0 aromatic carbocycles. The normalized spacial score (nSPS) is 19.4. The van der Waals surface area contributed by atoms with E-state index in [0.29, 0.717) is 12.3 Å². The van der Waals surface area contributed by atoms with E-state index in [1.165, 1.54) is 0 Å². The van der Waals surface area contributed by atoms with Crippen LogP contribution in [-0.2, 0) is 16.4 Å². The number of anilines is 1. The predicted octanol–water partition coefficient (Wildman–Crippen LogP) is 1.52. The second-order valence-corrected chi connectivity index (χ2v) is 7.56. The topological polar surface area (TPSA) is 62.3 Å². The van der Waals surface area contributed by atoms with Crippen LogP contribution in [0, 0.1) is 0 Å². The van der Waals surface area contributed by atoms with E-state index in [9.17, 15) is 8.42 Å². The van der Waals surface area contributed by atoms with Gasteiger partial charge >= 0.3 is 0 Å². The van der Waals surface area contributed by atoms with Crippen LogP contribution in [0.25, 0.3) is 0 Å². The Morgan fingerprint density at radius 3 is 2.85 bits per heavy atom. The number of nitrogens with one attached hydrogen (secondary N) is 1. The van der Waals surface area contributed by atoms with E-state index in [2.05, 4.69) is 28.2 Å². The SMILES string of the molecule is CCCNc1ccc(CN2CCCS(=O)(=O)CC2)cn1. The highest BCUT2D eigenvalue weighted by Gasteiger charge is 2.19. The summed E-state index contributed by atoms with van der Waals surface area (Å²) >= 11 is 0. The van der Waals surface area contributed by atoms with Gasteiger partial charge in [0.25, 0.3) is 0 Å². The molecule has 2 rings (SSSR count). The number of nitrogens with zero attached hydrogens (tertiary/aromatic N) is 2. The molecule has 6 heteroatoms. The third-order valence-corrected chi connectivity index (χ3v) is 5.15. The lowest BCUT2D eigenvalue weighted by Gasteiger charge is -2.19. The van der Waals surface area contributed by atoms with Gasteiger partial charge < -0.3 is 5.32 Å². The molecule has 1 aromatic rings. The zero-order chi connectivity index (χ0) is 14.4. The van der Waals surface area contributed by atoms with Crippen molar-refractivity contribution in [3.63, 3.8) is 0 Å². The molecule has 0 atom stereocenters. The molecule has 0 saturated carbocycles. The summed E-state index contributed by atoms with van der Waals surface area (Å²) in [4.78, 5) is 6.57. The fraction of sp³-hybridized carbons (Fsp3) is 0.643. The van der Waals surface area contributed by atoms with Gasteiger partial charge in [-0.3, -0.25) is 4.90 Å². The van der Waals surface area contributed by atoms with E-state index >= 15 is 0 Å². The van der Waals surface area contributed by atoms with Crippen LogP contribution in [0.1, 0.15) is 25.3 Å². The molecule has 0 amide bonds. The third-order valence-electron chi connectivity index (χ3n) is 3.44. The molecule has 0 unspecified atom stereocenters. The lowest BCUT2D eigenvalue weighted by Crippen LogP contribution is -2.26. The van der Waals surface area contributed by atoms with Crippen LogP contribution in [0.2, 0.25) is 0 Å². The maximum atomic E-state index is 11.6. The minimum atomic E-state index is -2.83. The lowest BCUT2D eigenvalue weighted by molar-refractivity contribution is 0.287. The number of aromatic nitrogens is 1. The Labute approximate surface area is 121 Å². The van der Waals surface area contributed by atoms with E-state index in [1.807, 2.05) is 12.3 Å². The van der Waals surface area contributed by atoms with E-state index < -0.39 is 9.84 Å². The summed E-state index contributed by atoms with van der Waals surface area (Å²) < 4.78 is 23.1. The molecule has 112 valence electrons. The number of pyridine rings is 1. The van der Waals surface area contributed by atoms with Crippen LogP contribution in [0.3, 0.4) is 0 Å². The minimum absolute atomic E-state index is 0.274. The Morgan fingerprint density at radius 2 is 2.15 bits per heavy atom. The van der Waals surface area contributed by atoms with Crippen molar-refractivity contribution in [2.75, 3.05) is 36.5 Å². The summed E-state index contributed by atoms with van der Waals surface area (Å²) in [5.74, 6) is 1.49. The number of rotatable bonds is 5. The van der Waals surface area contributed by atoms with Gasteiger partial charge in [0.1, 0.15) is 5.82 Å². The van der Waals surface area contributed by atoms with Gasteiger partial charge in [0.05, 0.1) is 11.5 Å². The Morgan fingerprint density at radius 1 is 1.30 bits per heavy atom. The summed E-state index contributed by atoms with van der Waals surface area (Å²) in [5, 5.41) is 3.24. The van der Waals surface area contributed by atoms with Crippen LogP contribution >= 0.6 is 0 Å². The average molecular weight is 297 g/mol. The molecule has 5 nitrogen and oxygen atoms in total. The zero-order valence-corrected chi connectivity index (χ0v) is 12.8. The Kier molecular flexibility index (Phi) is 5.37. The zero-order valence-electron chi connectivity index (χ0n) is 12.0. The maximum Gasteiger partial charge on any atom is 0.151 e. The predicted molar refractivity (Wildman–Crippen MR) is 81.6 cm³/mol. The van der Waals surface area contributed by atoms with Crippen LogP contribution in [0.5, 0.6) is 0 Å². The molecule has 0 bridgehead atoms. The molecule has 1 aliphatic rings. The van der Waals surface area contributed by atoms with Crippen molar-refractivity contribution in [2.24, 2.45) is 0 Å². The molecule has 1 saturated heterocycles. The summed E-state index contributed by atoms with van der Waals surface area (Å²) in [7, 11) is -2.83. The first-order chi connectivity index (χ1) is 9.59. The van der Waals surface area contributed by atoms with Gasteiger partial charge in [0.15, 0.2) is 9.84 Å². The van der Waals surface area contributed by atoms with Gasteiger partial charge in [-0.1, -0.05) is 13.0 Å². The van der Waals surface area contributed by atoms with Crippen molar-refractivity contribution >= 4 is 15.7 Å². The second-order valence-electron chi connectivity index (χ2n) is 5.26. The van der Waals surface area contributed by atoms with Crippen molar-refractivity contribution in [1.29, 1.82) is 0 Å². The summed E-state index contributed by atoms with van der Waals surface area (Å²) in [6, 6.07) is 4.05. The van der Waals surface area contributed by atoms with Crippen LogP contribution < -0.4 is 5.32 Å². The van der Waals surface area contributed by atoms with Gasteiger partial charge in [0, 0.05) is 25.8 Å². The van der Waals surface area contributed by atoms with E-state index in [0.717, 1.165) is 43.9 Å². The third kappa shape index (κ3) is 4.76. The molecule has 1 aliphatic heterocycles. The van der Waals surface area contributed by atoms with Crippen LogP contribution in [0.4, 0.5) is 5.82 Å². The first kappa shape index (κ1) is 15.3. The molecule has 1 N–H and O–H groups in total. The van der Waals surface area contributed by atoms with E-state index in [1.54, 1.807) is 0 Å². The van der Waals surface area contributed by atoms with Crippen molar-refractivity contribution in [2.45, 2.75) is 26.3 Å². The molecular weight excluding hydrogens is 274 g/mol. The Bertz CT molecular complexity index is 514. The summed E-state index contributed by atoms with van der Waals surface area (Å²) in [5.41, 5.74) is 1.13. The highest BCUT2D eigenvalue weighted by atomic mass is 32.2. The smallest absolute Gasteiger partial charge is 0.151 e. The molecule has 0 radical (unpaired) electrons. The van der Waals surface area contributed by atoms with Crippen LogP contribution in [-0.4, -0.2) is 49.4 Å². The largest absolute Gasteiger partial charge is 0.370 e. The standard InChI is InChI=1S/C14H23N3O2S/c1-2-6-15-14-5-4-13(11-16-14)12-17-7-3-9-20(18,19)10-8-17/h4-5,11H,2-3,6-10,12H2,1H3,(H,15,16). The molecule has 20 heavy (non-hydrogen) atoms. The van der Waals surface area contributed by atoms with Crippen molar-refractivity contribution in [3.05, 3.63) is 23.9 Å². The monoisotopic (exact) mass is 297 g/mol. The van der Waals surface area contributed by atoms with Crippen LogP contribution in [0.15, 0.2) is 18.3 Å². The molecular formula is C14H23N3O2S. The van der Waals surface area contributed by atoms with Crippen molar-refractivity contribution in [1.82, 2.24) is 9.88 Å². The fourth-order valence-corrected chi connectivity index (χ4v) is 3.59. The van der Waals surface area contributed by atoms with Gasteiger partial charge in [-0.05, 0) is 31.0 Å². The number of hydrogen-bond donors (Lipinski definition) is 1. The van der Waals surface area contributed by atoms with Gasteiger partial charge in [-0.25, -0.2) is 13.4 Å². The quantitative estimate of drug-likeness (QED) is 0.893. The summed E-state index contributed by atoms with van der Waals surface area (Å²) in [6.45, 7) is 5.29. The van der Waals surface area contributed by atoms with E-state index in [-0.39, 0.29) is 5.75 Å². The van der Waals surface area contributed by atoms with E-state index in [4.69, 9.17) is 0 Å². The van der Waals surface area contributed by atoms with Crippen molar-refractivity contribution in [3.8, 4) is 0 Å². The maximum absolute atomic E-state index is 11.6. The second kappa shape index (κ2) is 7.04. The molecule has 2 heterocycles. The minimum Gasteiger partial charge on any atom is -0.370 e. The highest BCUT2D eigenvalue weighted by Crippen LogP contribution is 2.11. The molecule has 0 spiro atoms. The first-order valence-corrected chi connectivity index (χ1v) is 9.03. The first-order valence-electron chi connectivity index (χ1n) is 7.20. The van der Waals surface area contributed by atoms with Crippen molar-refractivity contribution < 1.29 is 8.42 Å². The highest BCUT2D eigenvalue weighted by molar-refractivity contribution is 7.91. The Balaban J connectivity index is 1.89. The fourth-order valence-electron chi connectivity index (χ4n) is 2.28. The number of sulfone groups is 1. The average Bonchev–Trinajstić information content (AvgIpc) is 2.59. The molecule has 1 fully saturated rings. The molecule has 0 aliphatic carbocycles. The lowest BCUT2D eigenvalue weighted by atomic mass is 10.2. The van der Waals surface area contributed by atoms with Gasteiger partial charge in [-0.2, -0.15) is 0 Å². The summed E-state index contributed by atoms with van der Waals surface area (Å²) in [6.07, 6.45) is 3.68. The van der Waals surface area contributed by atoms with Gasteiger partial charge in [-0.15, -0.1) is 0 Å². The molecule has 1 aromatic heterocycles. The number of hydrogen-bond acceptors (Lipinski definition) is 5.